The van der Waals surface area contributed by atoms with Crippen LogP contribution in [0.2, 0.25) is 0 Å². The van der Waals surface area contributed by atoms with Gasteiger partial charge in [0, 0.05) is 0 Å². The van der Waals surface area contributed by atoms with Gasteiger partial charge in [-0.25, -0.2) is 4.99 Å². The standard InChI is InChI=1S/C6H10ClN5O/c1-2-3(8)4(12-13)5(7)11-6(9)10/h2H,8H2,1H3,(H4,9,10,11)/b3-2+,5-4+. The lowest BCUT2D eigenvalue weighted by Gasteiger charge is -1.98. The van der Waals surface area contributed by atoms with E-state index in [9.17, 15) is 4.91 Å². The molecular weight excluding hydrogens is 194 g/mol. The first-order valence-corrected chi connectivity index (χ1v) is 3.65. The van der Waals surface area contributed by atoms with Gasteiger partial charge in [-0.05, 0) is 12.1 Å². The normalized spacial score (nSPS) is 13.2. The molecule has 0 saturated carbocycles. The van der Waals surface area contributed by atoms with Crippen LogP contribution < -0.4 is 17.2 Å². The molecule has 0 aliphatic rings. The van der Waals surface area contributed by atoms with Crippen molar-refractivity contribution in [3.63, 3.8) is 0 Å². The zero-order chi connectivity index (χ0) is 10.4. The summed E-state index contributed by atoms with van der Waals surface area (Å²) in [4.78, 5) is 13.7. The van der Waals surface area contributed by atoms with Gasteiger partial charge in [-0.15, -0.1) is 4.91 Å². The van der Waals surface area contributed by atoms with Crippen LogP contribution >= 0.6 is 11.6 Å². The molecule has 6 nitrogen and oxygen atoms in total. The quantitative estimate of drug-likeness (QED) is 0.201. The number of aliphatic imine (C=N–C) groups is 1. The summed E-state index contributed by atoms with van der Waals surface area (Å²) < 4.78 is 0. The summed E-state index contributed by atoms with van der Waals surface area (Å²) >= 11 is 5.53. The lowest BCUT2D eigenvalue weighted by molar-refractivity contribution is 1.18. The number of allylic oxidation sites excluding steroid dienone is 1. The van der Waals surface area contributed by atoms with Gasteiger partial charge >= 0.3 is 0 Å². The maximum atomic E-state index is 10.3. The van der Waals surface area contributed by atoms with Crippen LogP contribution in [0.25, 0.3) is 0 Å². The summed E-state index contributed by atoms with van der Waals surface area (Å²) in [6, 6.07) is 0. The summed E-state index contributed by atoms with van der Waals surface area (Å²) in [7, 11) is 0. The Kier molecular flexibility index (Phi) is 4.53. The molecule has 0 radical (unpaired) electrons. The van der Waals surface area contributed by atoms with E-state index in [1.54, 1.807) is 6.92 Å². The molecule has 7 heteroatoms. The van der Waals surface area contributed by atoms with Crippen molar-refractivity contribution in [2.24, 2.45) is 27.4 Å². The van der Waals surface area contributed by atoms with E-state index in [2.05, 4.69) is 10.2 Å². The fourth-order valence-electron chi connectivity index (χ4n) is 0.512. The molecule has 0 saturated heterocycles. The second-order valence-electron chi connectivity index (χ2n) is 2.01. The first kappa shape index (κ1) is 11.4. The number of hydrogen-bond donors (Lipinski definition) is 3. The fraction of sp³-hybridized carbons (Fsp3) is 0.167. The van der Waals surface area contributed by atoms with Gasteiger partial charge in [0.25, 0.3) is 0 Å². The van der Waals surface area contributed by atoms with Crippen molar-refractivity contribution in [3.8, 4) is 0 Å². The molecule has 0 aromatic heterocycles. The highest BCUT2D eigenvalue weighted by Crippen LogP contribution is 2.16. The van der Waals surface area contributed by atoms with Crippen LogP contribution in [0.5, 0.6) is 0 Å². The molecule has 0 unspecified atom stereocenters. The van der Waals surface area contributed by atoms with Gasteiger partial charge in [-0.1, -0.05) is 17.7 Å². The SMILES string of the molecule is C/C=C(N)\C(N=O)=C(\Cl)N=C(N)N. The van der Waals surface area contributed by atoms with Crippen LogP contribution in [0.1, 0.15) is 6.92 Å². The van der Waals surface area contributed by atoms with Crippen LogP contribution in [0, 0.1) is 4.91 Å². The Labute approximate surface area is 80.1 Å². The van der Waals surface area contributed by atoms with E-state index in [1.807, 2.05) is 0 Å². The van der Waals surface area contributed by atoms with Gasteiger partial charge in [0.05, 0.1) is 5.70 Å². The van der Waals surface area contributed by atoms with Gasteiger partial charge in [-0.2, -0.15) is 0 Å². The third-order valence-corrected chi connectivity index (χ3v) is 1.36. The number of guanidine groups is 1. The smallest absolute Gasteiger partial charge is 0.192 e. The maximum Gasteiger partial charge on any atom is 0.192 e. The molecule has 0 aromatic carbocycles. The second kappa shape index (κ2) is 5.15. The molecular formula is C6H10ClN5O. The summed E-state index contributed by atoms with van der Waals surface area (Å²) in [5.41, 5.74) is 15.4. The van der Waals surface area contributed by atoms with Crippen molar-refractivity contribution in [1.29, 1.82) is 0 Å². The predicted octanol–water partition coefficient (Wildman–Crippen LogP) is 0.297. The molecule has 0 bridgehead atoms. The summed E-state index contributed by atoms with van der Waals surface area (Å²) in [5, 5.41) is 2.37. The predicted molar refractivity (Wildman–Crippen MR) is 52.4 cm³/mol. The van der Waals surface area contributed by atoms with E-state index >= 15 is 0 Å². The van der Waals surface area contributed by atoms with Crippen LogP contribution in [-0.2, 0) is 0 Å². The Morgan fingerprint density at radius 3 is 2.23 bits per heavy atom. The minimum atomic E-state index is -0.268. The lowest BCUT2D eigenvalue weighted by atomic mass is 10.3. The Morgan fingerprint density at radius 1 is 1.38 bits per heavy atom. The fourth-order valence-corrected chi connectivity index (χ4v) is 0.754. The van der Waals surface area contributed by atoms with E-state index in [4.69, 9.17) is 28.8 Å². The molecule has 6 N–H and O–H groups in total. The van der Waals surface area contributed by atoms with Gasteiger partial charge in [0.2, 0.25) is 0 Å². The highest BCUT2D eigenvalue weighted by molar-refractivity contribution is 6.30. The van der Waals surface area contributed by atoms with Crippen LogP contribution in [0.4, 0.5) is 0 Å². The monoisotopic (exact) mass is 203 g/mol. The summed E-state index contributed by atoms with van der Waals surface area (Å²) in [6.45, 7) is 1.63. The highest BCUT2D eigenvalue weighted by atomic mass is 35.5. The van der Waals surface area contributed by atoms with Crippen molar-refractivity contribution in [3.05, 3.63) is 27.5 Å². The third kappa shape index (κ3) is 3.57. The van der Waals surface area contributed by atoms with Crippen molar-refractivity contribution in [2.75, 3.05) is 0 Å². The van der Waals surface area contributed by atoms with Gasteiger partial charge in [-0.3, -0.25) is 0 Å². The second-order valence-corrected chi connectivity index (χ2v) is 2.37. The van der Waals surface area contributed by atoms with Crippen molar-refractivity contribution < 1.29 is 0 Å². The van der Waals surface area contributed by atoms with Crippen LogP contribution in [-0.4, -0.2) is 5.96 Å². The van der Waals surface area contributed by atoms with Gasteiger partial charge in [0.15, 0.2) is 16.8 Å². The zero-order valence-corrected chi connectivity index (χ0v) is 7.75. The molecule has 72 valence electrons. The molecule has 0 spiro atoms. The van der Waals surface area contributed by atoms with E-state index < -0.39 is 0 Å². The Bertz CT molecular complexity index is 289. The highest BCUT2D eigenvalue weighted by Gasteiger charge is 2.07. The van der Waals surface area contributed by atoms with E-state index in [0.717, 1.165) is 0 Å². The number of hydrogen-bond acceptors (Lipinski definition) is 4. The Balaban J connectivity index is 5.14. The first-order chi connectivity index (χ1) is 6.02. The van der Waals surface area contributed by atoms with E-state index in [1.165, 1.54) is 6.08 Å². The zero-order valence-electron chi connectivity index (χ0n) is 6.99. The summed E-state index contributed by atoms with van der Waals surface area (Å²) in [6.07, 6.45) is 1.46. The molecule has 0 aliphatic carbocycles. The summed E-state index contributed by atoms with van der Waals surface area (Å²) in [5.74, 6) is -0.268. The molecule has 0 fully saturated rings. The molecule has 0 heterocycles. The van der Waals surface area contributed by atoms with Crippen molar-refractivity contribution in [2.45, 2.75) is 6.92 Å². The van der Waals surface area contributed by atoms with Gasteiger partial charge < -0.3 is 17.2 Å². The van der Waals surface area contributed by atoms with Crippen molar-refractivity contribution in [1.82, 2.24) is 0 Å². The number of nitrogens with two attached hydrogens (primary N) is 3. The lowest BCUT2D eigenvalue weighted by Crippen LogP contribution is -2.22. The molecule has 13 heavy (non-hydrogen) atoms. The van der Waals surface area contributed by atoms with E-state index in [-0.39, 0.29) is 22.5 Å². The average Bonchev–Trinajstić information content (AvgIpc) is 2.03. The number of nitroso groups, excluding NO2 is 1. The number of nitrogens with zero attached hydrogens (tertiary/aromatic N) is 2. The number of halogens is 1. The van der Waals surface area contributed by atoms with E-state index in [0.29, 0.717) is 0 Å². The topological polar surface area (TPSA) is 120 Å². The van der Waals surface area contributed by atoms with Crippen molar-refractivity contribution >= 4 is 17.6 Å². The average molecular weight is 204 g/mol. The molecule has 0 aliphatic heterocycles. The molecule has 0 rings (SSSR count). The Morgan fingerprint density at radius 2 is 1.92 bits per heavy atom. The van der Waals surface area contributed by atoms with Gasteiger partial charge in [0.1, 0.15) is 0 Å². The third-order valence-electron chi connectivity index (χ3n) is 1.10. The minimum Gasteiger partial charge on any atom is -0.397 e. The largest absolute Gasteiger partial charge is 0.397 e. The molecule has 0 amide bonds. The van der Waals surface area contributed by atoms with Crippen LogP contribution in [0.3, 0.4) is 0 Å². The minimum absolute atomic E-state index is 0.116. The number of rotatable bonds is 3. The van der Waals surface area contributed by atoms with Crippen LogP contribution in [0.15, 0.2) is 32.8 Å². The molecule has 0 aromatic rings. The first-order valence-electron chi connectivity index (χ1n) is 3.27. The Hall–Kier alpha value is -1.56. The maximum absolute atomic E-state index is 10.3. The molecule has 0 atom stereocenters.